The van der Waals surface area contributed by atoms with Crippen LogP contribution in [0.5, 0.6) is 0 Å². The van der Waals surface area contributed by atoms with Crippen LogP contribution in [0.25, 0.3) is 0 Å². The van der Waals surface area contributed by atoms with Crippen molar-refractivity contribution in [2.75, 3.05) is 15.8 Å². The van der Waals surface area contributed by atoms with Gasteiger partial charge < -0.3 is 5.32 Å². The van der Waals surface area contributed by atoms with Crippen molar-refractivity contribution >= 4 is 44.6 Å². The van der Waals surface area contributed by atoms with Gasteiger partial charge in [-0.25, -0.2) is 8.42 Å². The number of hydrogen-bond donors (Lipinski definition) is 2. The van der Waals surface area contributed by atoms with E-state index in [0.717, 1.165) is 6.07 Å². The Bertz CT molecular complexity index is 976. The number of anilines is 2. The fourth-order valence-electron chi connectivity index (χ4n) is 2.09. The van der Waals surface area contributed by atoms with E-state index in [0.29, 0.717) is 16.9 Å². The van der Waals surface area contributed by atoms with Gasteiger partial charge in [-0.1, -0.05) is 11.6 Å². The first-order valence-electron chi connectivity index (χ1n) is 7.49. The number of carbonyl (C=O) groups is 1. The van der Waals surface area contributed by atoms with Crippen molar-refractivity contribution in [2.24, 2.45) is 0 Å². The number of nitro groups is 1. The molecule has 138 valence electrons. The van der Waals surface area contributed by atoms with Crippen molar-refractivity contribution in [1.29, 1.82) is 0 Å². The third kappa shape index (κ3) is 4.70. The number of carbonyl (C=O) groups excluding carboxylic acids is 1. The maximum absolute atomic E-state index is 12.3. The summed E-state index contributed by atoms with van der Waals surface area (Å²) in [6.07, 6.45) is 0. The van der Waals surface area contributed by atoms with Crippen molar-refractivity contribution in [3.8, 4) is 0 Å². The van der Waals surface area contributed by atoms with Gasteiger partial charge in [0.15, 0.2) is 0 Å². The smallest absolute Gasteiger partial charge is 0.288 e. The van der Waals surface area contributed by atoms with Gasteiger partial charge >= 0.3 is 0 Å². The predicted octanol–water partition coefficient (Wildman–Crippen LogP) is 3.57. The molecule has 1 amide bonds. The Morgan fingerprint density at radius 1 is 1.23 bits per heavy atom. The Hall–Kier alpha value is -2.65. The first-order chi connectivity index (χ1) is 12.1. The molecule has 26 heavy (non-hydrogen) atoms. The molecule has 0 heterocycles. The Balaban J connectivity index is 2.21. The van der Waals surface area contributed by atoms with Gasteiger partial charge in [0.25, 0.3) is 11.6 Å². The summed E-state index contributed by atoms with van der Waals surface area (Å²) < 4.78 is 25.7. The first kappa shape index (κ1) is 19.7. The number of benzene rings is 2. The highest BCUT2D eigenvalue weighted by atomic mass is 35.5. The quantitative estimate of drug-likeness (QED) is 0.570. The molecule has 0 atom stereocenters. The van der Waals surface area contributed by atoms with Gasteiger partial charge in [-0.15, -0.1) is 0 Å². The van der Waals surface area contributed by atoms with Crippen molar-refractivity contribution in [3.05, 3.63) is 62.7 Å². The minimum Gasteiger partial charge on any atom is -0.322 e. The van der Waals surface area contributed by atoms with Crippen molar-refractivity contribution < 1.29 is 18.1 Å². The SMILES string of the molecule is CCS(=O)(=O)Nc1ccc(NC(=O)c2ccc(Cl)c([N+](=O)[O-])c2)cc1C. The number of nitro benzene ring substituents is 1. The van der Waals surface area contributed by atoms with Crippen LogP contribution in [0.1, 0.15) is 22.8 Å². The van der Waals surface area contributed by atoms with Crippen LogP contribution in [0.2, 0.25) is 5.02 Å². The van der Waals surface area contributed by atoms with Crippen molar-refractivity contribution in [3.63, 3.8) is 0 Å². The molecule has 0 aliphatic heterocycles. The van der Waals surface area contributed by atoms with Gasteiger partial charge in [0.1, 0.15) is 5.02 Å². The Labute approximate surface area is 155 Å². The second-order valence-electron chi connectivity index (χ2n) is 5.41. The maximum Gasteiger partial charge on any atom is 0.288 e. The molecule has 2 aromatic rings. The molecule has 0 aliphatic rings. The van der Waals surface area contributed by atoms with Gasteiger partial charge in [-0.3, -0.25) is 19.6 Å². The summed E-state index contributed by atoms with van der Waals surface area (Å²) in [5, 5.41) is 13.5. The third-order valence-corrected chi connectivity index (χ3v) is 5.15. The Morgan fingerprint density at radius 3 is 2.50 bits per heavy atom. The van der Waals surface area contributed by atoms with E-state index in [1.807, 2.05) is 0 Å². The minimum absolute atomic E-state index is 0.0553. The Morgan fingerprint density at radius 2 is 1.92 bits per heavy atom. The second-order valence-corrected chi connectivity index (χ2v) is 7.83. The van der Waals surface area contributed by atoms with Crippen LogP contribution in [0, 0.1) is 17.0 Å². The summed E-state index contributed by atoms with van der Waals surface area (Å²) in [6, 6.07) is 8.40. The monoisotopic (exact) mass is 397 g/mol. The van der Waals surface area contributed by atoms with E-state index < -0.39 is 20.9 Å². The van der Waals surface area contributed by atoms with E-state index in [9.17, 15) is 23.3 Å². The fourth-order valence-corrected chi connectivity index (χ4v) is 2.99. The molecule has 2 rings (SSSR count). The van der Waals surface area contributed by atoms with Gasteiger partial charge in [0.05, 0.1) is 16.4 Å². The molecule has 0 saturated heterocycles. The summed E-state index contributed by atoms with van der Waals surface area (Å²) in [7, 11) is -3.40. The highest BCUT2D eigenvalue weighted by molar-refractivity contribution is 7.92. The van der Waals surface area contributed by atoms with Crippen molar-refractivity contribution in [1.82, 2.24) is 0 Å². The molecule has 8 nitrogen and oxygen atoms in total. The fraction of sp³-hybridized carbons (Fsp3) is 0.188. The lowest BCUT2D eigenvalue weighted by molar-refractivity contribution is -0.384. The summed E-state index contributed by atoms with van der Waals surface area (Å²) in [5.41, 5.74) is 1.16. The van der Waals surface area contributed by atoms with Gasteiger partial charge in [0, 0.05) is 17.3 Å². The third-order valence-electron chi connectivity index (χ3n) is 3.53. The van der Waals surface area contributed by atoms with Crippen LogP contribution >= 0.6 is 11.6 Å². The first-order valence-corrected chi connectivity index (χ1v) is 9.52. The predicted molar refractivity (Wildman–Crippen MR) is 100 cm³/mol. The molecule has 0 aliphatic carbocycles. The lowest BCUT2D eigenvalue weighted by Crippen LogP contribution is -2.16. The zero-order chi connectivity index (χ0) is 19.5. The molecule has 2 aromatic carbocycles. The number of hydrogen-bond acceptors (Lipinski definition) is 5. The zero-order valence-corrected chi connectivity index (χ0v) is 15.5. The van der Waals surface area contributed by atoms with E-state index in [1.165, 1.54) is 31.2 Å². The van der Waals surface area contributed by atoms with Crippen LogP contribution in [-0.2, 0) is 10.0 Å². The summed E-state index contributed by atoms with van der Waals surface area (Å²) >= 11 is 5.73. The summed E-state index contributed by atoms with van der Waals surface area (Å²) in [5.74, 6) is -0.605. The lowest BCUT2D eigenvalue weighted by Gasteiger charge is -2.12. The molecule has 0 saturated carbocycles. The number of nitrogens with one attached hydrogen (secondary N) is 2. The maximum atomic E-state index is 12.3. The van der Waals surface area contributed by atoms with Crippen LogP contribution < -0.4 is 10.0 Å². The number of halogens is 1. The second kappa shape index (κ2) is 7.71. The number of sulfonamides is 1. The van der Waals surface area contributed by atoms with E-state index in [2.05, 4.69) is 10.0 Å². The number of nitrogens with zero attached hydrogens (tertiary/aromatic N) is 1. The zero-order valence-electron chi connectivity index (χ0n) is 13.9. The van der Waals surface area contributed by atoms with E-state index in [-0.39, 0.29) is 22.0 Å². The lowest BCUT2D eigenvalue weighted by atomic mass is 10.1. The highest BCUT2D eigenvalue weighted by Crippen LogP contribution is 2.26. The molecule has 0 aromatic heterocycles. The van der Waals surface area contributed by atoms with E-state index in [1.54, 1.807) is 13.0 Å². The Kier molecular flexibility index (Phi) is 5.83. The molecule has 0 unspecified atom stereocenters. The number of rotatable bonds is 6. The molecule has 10 heteroatoms. The van der Waals surface area contributed by atoms with Gasteiger partial charge in [-0.2, -0.15) is 0 Å². The van der Waals surface area contributed by atoms with E-state index in [4.69, 9.17) is 11.6 Å². The van der Waals surface area contributed by atoms with Crippen molar-refractivity contribution in [2.45, 2.75) is 13.8 Å². The standard InChI is InChI=1S/C16H16ClN3O5S/c1-3-26(24,25)19-14-7-5-12(8-10(14)2)18-16(21)11-4-6-13(17)15(9-11)20(22)23/h4-9,19H,3H2,1-2H3,(H,18,21). The van der Waals surface area contributed by atoms with E-state index >= 15 is 0 Å². The summed E-state index contributed by atoms with van der Waals surface area (Å²) in [6.45, 7) is 3.22. The average Bonchev–Trinajstić information content (AvgIpc) is 2.57. The highest BCUT2D eigenvalue weighted by Gasteiger charge is 2.17. The van der Waals surface area contributed by atoms with Crippen LogP contribution in [0.4, 0.5) is 17.1 Å². The largest absolute Gasteiger partial charge is 0.322 e. The molecule has 0 bridgehead atoms. The van der Waals surface area contributed by atoms with Gasteiger partial charge in [0.2, 0.25) is 10.0 Å². The van der Waals surface area contributed by atoms with Crippen LogP contribution in [0.15, 0.2) is 36.4 Å². The normalized spacial score (nSPS) is 11.0. The molecule has 2 N–H and O–H groups in total. The minimum atomic E-state index is -3.40. The molecule has 0 radical (unpaired) electrons. The van der Waals surface area contributed by atoms with Gasteiger partial charge in [-0.05, 0) is 49.7 Å². The molecule has 0 spiro atoms. The topological polar surface area (TPSA) is 118 Å². The van der Waals surface area contributed by atoms with Crippen LogP contribution in [-0.4, -0.2) is 25.0 Å². The molecule has 0 fully saturated rings. The molecular formula is C16H16ClN3O5S. The number of amides is 1. The average molecular weight is 398 g/mol. The summed E-state index contributed by atoms with van der Waals surface area (Å²) in [4.78, 5) is 22.5. The molecular weight excluding hydrogens is 382 g/mol. The number of aryl methyl sites for hydroxylation is 1. The van der Waals surface area contributed by atoms with Crippen LogP contribution in [0.3, 0.4) is 0 Å².